The van der Waals surface area contributed by atoms with E-state index in [4.69, 9.17) is 9.84 Å². The Morgan fingerprint density at radius 3 is 2.71 bits per heavy atom. The van der Waals surface area contributed by atoms with Gasteiger partial charge in [0.05, 0.1) is 24.2 Å². The molecule has 4 rings (SSSR count). The van der Waals surface area contributed by atoms with Gasteiger partial charge in [-0.05, 0) is 55.2 Å². The number of benzene rings is 1. The normalized spacial score (nSPS) is 14.2. The third kappa shape index (κ3) is 3.41. The summed E-state index contributed by atoms with van der Waals surface area (Å²) in [6.45, 7) is 0.324. The van der Waals surface area contributed by atoms with Crippen molar-refractivity contribution in [3.8, 4) is 17.0 Å². The predicted octanol–water partition coefficient (Wildman–Crippen LogP) is 3.11. The SMILES string of the molecule is OCCOc1ccc(-c2cn3nc(CCC4CC4)ccc3n2)cc1. The zero-order valence-corrected chi connectivity index (χ0v) is 13.6. The van der Waals surface area contributed by atoms with Gasteiger partial charge in [0.2, 0.25) is 0 Å². The van der Waals surface area contributed by atoms with E-state index in [0.717, 1.165) is 40.7 Å². The Morgan fingerprint density at radius 1 is 1.12 bits per heavy atom. The van der Waals surface area contributed by atoms with Crippen molar-refractivity contribution in [2.24, 2.45) is 5.92 Å². The minimum absolute atomic E-state index is 0.0168. The first kappa shape index (κ1) is 15.1. The molecule has 124 valence electrons. The Kier molecular flexibility index (Phi) is 4.17. The van der Waals surface area contributed by atoms with E-state index in [2.05, 4.69) is 16.1 Å². The molecule has 0 atom stereocenters. The van der Waals surface area contributed by atoms with Gasteiger partial charge in [0.1, 0.15) is 12.4 Å². The van der Waals surface area contributed by atoms with E-state index < -0.39 is 0 Å². The first-order chi connectivity index (χ1) is 11.8. The molecule has 3 aromatic rings. The molecule has 1 saturated carbocycles. The highest BCUT2D eigenvalue weighted by molar-refractivity contribution is 5.63. The second-order valence-electron chi connectivity index (χ2n) is 6.33. The molecule has 2 heterocycles. The molecule has 5 nitrogen and oxygen atoms in total. The van der Waals surface area contributed by atoms with E-state index in [1.165, 1.54) is 19.3 Å². The number of hydrogen-bond acceptors (Lipinski definition) is 4. The third-order valence-electron chi connectivity index (χ3n) is 4.39. The number of aryl methyl sites for hydroxylation is 1. The van der Waals surface area contributed by atoms with Gasteiger partial charge in [-0.1, -0.05) is 12.8 Å². The van der Waals surface area contributed by atoms with Crippen LogP contribution in [0.15, 0.2) is 42.6 Å². The first-order valence-corrected chi connectivity index (χ1v) is 8.51. The van der Waals surface area contributed by atoms with Gasteiger partial charge in [0, 0.05) is 5.56 Å². The van der Waals surface area contributed by atoms with E-state index in [9.17, 15) is 0 Å². The lowest BCUT2D eigenvalue weighted by Crippen LogP contribution is -2.01. The molecule has 1 aromatic carbocycles. The largest absolute Gasteiger partial charge is 0.491 e. The molecule has 0 saturated heterocycles. The van der Waals surface area contributed by atoms with E-state index in [-0.39, 0.29) is 6.61 Å². The molecule has 0 radical (unpaired) electrons. The molecule has 2 aromatic heterocycles. The van der Waals surface area contributed by atoms with Crippen molar-refractivity contribution in [1.82, 2.24) is 14.6 Å². The van der Waals surface area contributed by atoms with Crippen LogP contribution >= 0.6 is 0 Å². The van der Waals surface area contributed by atoms with Crippen molar-refractivity contribution >= 4 is 5.65 Å². The molecule has 5 heteroatoms. The molecule has 0 unspecified atom stereocenters. The van der Waals surface area contributed by atoms with Crippen LogP contribution in [0.4, 0.5) is 0 Å². The maximum Gasteiger partial charge on any atom is 0.154 e. The summed E-state index contributed by atoms with van der Waals surface area (Å²) in [5.41, 5.74) is 3.92. The Morgan fingerprint density at radius 2 is 1.96 bits per heavy atom. The predicted molar refractivity (Wildman–Crippen MR) is 92.0 cm³/mol. The molecule has 1 fully saturated rings. The summed E-state index contributed by atoms with van der Waals surface area (Å²) in [7, 11) is 0. The Bertz CT molecular complexity index is 822. The molecule has 1 aliphatic carbocycles. The molecule has 0 spiro atoms. The molecule has 1 N–H and O–H groups in total. The van der Waals surface area contributed by atoms with Crippen LogP contribution in [0.3, 0.4) is 0 Å². The number of fused-ring (bicyclic) bond motifs is 1. The molecule has 1 aliphatic rings. The monoisotopic (exact) mass is 323 g/mol. The van der Waals surface area contributed by atoms with Crippen LogP contribution < -0.4 is 4.74 Å². The van der Waals surface area contributed by atoms with Crippen molar-refractivity contribution in [2.75, 3.05) is 13.2 Å². The standard InChI is InChI=1S/C19H21N3O2/c23-11-12-24-17-8-4-15(5-9-17)18-13-22-19(20-18)10-7-16(21-22)6-3-14-1-2-14/h4-5,7-10,13-14,23H,1-3,6,11-12H2. The maximum atomic E-state index is 8.79. The number of nitrogens with zero attached hydrogens (tertiary/aromatic N) is 3. The minimum Gasteiger partial charge on any atom is -0.491 e. The fourth-order valence-corrected chi connectivity index (χ4v) is 2.84. The van der Waals surface area contributed by atoms with Gasteiger partial charge in [-0.25, -0.2) is 9.50 Å². The average molecular weight is 323 g/mol. The molecular weight excluding hydrogens is 302 g/mol. The number of aliphatic hydroxyl groups is 1. The van der Waals surface area contributed by atoms with E-state index in [1.54, 1.807) is 0 Å². The summed E-state index contributed by atoms with van der Waals surface area (Å²) in [5, 5.41) is 13.5. The van der Waals surface area contributed by atoms with E-state index in [0.29, 0.717) is 6.61 Å². The Balaban J connectivity index is 1.52. The maximum absolute atomic E-state index is 8.79. The highest BCUT2D eigenvalue weighted by Crippen LogP contribution is 2.33. The number of hydrogen-bond donors (Lipinski definition) is 1. The van der Waals surface area contributed by atoms with Crippen molar-refractivity contribution in [2.45, 2.75) is 25.7 Å². The van der Waals surface area contributed by atoms with Gasteiger partial charge in [-0.15, -0.1) is 0 Å². The molecule has 0 amide bonds. The second kappa shape index (κ2) is 6.61. The minimum atomic E-state index is 0.0168. The van der Waals surface area contributed by atoms with Gasteiger partial charge >= 0.3 is 0 Å². The number of aliphatic hydroxyl groups excluding tert-OH is 1. The zero-order valence-electron chi connectivity index (χ0n) is 13.6. The van der Waals surface area contributed by atoms with Crippen LogP contribution in [-0.2, 0) is 6.42 Å². The van der Waals surface area contributed by atoms with Crippen molar-refractivity contribution in [3.63, 3.8) is 0 Å². The van der Waals surface area contributed by atoms with E-state index >= 15 is 0 Å². The molecule has 24 heavy (non-hydrogen) atoms. The number of imidazole rings is 1. The highest BCUT2D eigenvalue weighted by Gasteiger charge is 2.20. The summed E-state index contributed by atoms with van der Waals surface area (Å²) >= 11 is 0. The van der Waals surface area contributed by atoms with Gasteiger partial charge in [-0.2, -0.15) is 5.10 Å². The number of aromatic nitrogens is 3. The summed E-state index contributed by atoms with van der Waals surface area (Å²) in [4.78, 5) is 4.64. The van der Waals surface area contributed by atoms with Crippen molar-refractivity contribution < 1.29 is 9.84 Å². The molecular formula is C19H21N3O2. The van der Waals surface area contributed by atoms with Gasteiger partial charge in [0.25, 0.3) is 0 Å². The van der Waals surface area contributed by atoms with Crippen molar-refractivity contribution in [1.29, 1.82) is 0 Å². The zero-order chi connectivity index (χ0) is 16.4. The smallest absolute Gasteiger partial charge is 0.154 e. The van der Waals surface area contributed by atoms with Gasteiger partial charge < -0.3 is 9.84 Å². The summed E-state index contributed by atoms with van der Waals surface area (Å²) in [6, 6.07) is 11.9. The van der Waals surface area contributed by atoms with Crippen LogP contribution in [0.2, 0.25) is 0 Å². The quantitative estimate of drug-likeness (QED) is 0.726. The van der Waals surface area contributed by atoms with Crippen LogP contribution in [0, 0.1) is 5.92 Å². The Hall–Kier alpha value is -2.40. The van der Waals surface area contributed by atoms with Crippen molar-refractivity contribution in [3.05, 3.63) is 48.3 Å². The fourth-order valence-electron chi connectivity index (χ4n) is 2.84. The van der Waals surface area contributed by atoms with Gasteiger partial charge in [0.15, 0.2) is 5.65 Å². The summed E-state index contributed by atoms with van der Waals surface area (Å²) in [5.74, 6) is 1.67. The van der Waals surface area contributed by atoms with Crippen LogP contribution in [0.5, 0.6) is 5.75 Å². The fraction of sp³-hybridized carbons (Fsp3) is 0.368. The molecule has 0 aliphatic heterocycles. The van der Waals surface area contributed by atoms with Crippen LogP contribution in [0.1, 0.15) is 25.0 Å². The topological polar surface area (TPSA) is 59.7 Å². The van der Waals surface area contributed by atoms with Crippen LogP contribution in [0.25, 0.3) is 16.9 Å². The van der Waals surface area contributed by atoms with Gasteiger partial charge in [-0.3, -0.25) is 0 Å². The first-order valence-electron chi connectivity index (χ1n) is 8.51. The summed E-state index contributed by atoms with van der Waals surface area (Å²) in [6.07, 6.45) is 7.03. The second-order valence-corrected chi connectivity index (χ2v) is 6.33. The Labute approximate surface area is 140 Å². The van der Waals surface area contributed by atoms with E-state index in [1.807, 2.05) is 41.0 Å². The number of rotatable bonds is 7. The lowest BCUT2D eigenvalue weighted by atomic mass is 10.2. The lowest BCUT2D eigenvalue weighted by molar-refractivity contribution is 0.201. The highest BCUT2D eigenvalue weighted by atomic mass is 16.5. The third-order valence-corrected chi connectivity index (χ3v) is 4.39. The lowest BCUT2D eigenvalue weighted by Gasteiger charge is -2.04. The summed E-state index contributed by atoms with van der Waals surface area (Å²) < 4.78 is 7.25. The number of ether oxygens (including phenoxy) is 1. The average Bonchev–Trinajstić information content (AvgIpc) is 3.35. The molecule has 0 bridgehead atoms. The van der Waals surface area contributed by atoms with Crippen LogP contribution in [-0.4, -0.2) is 32.9 Å².